The minimum atomic E-state index is 0.174. The summed E-state index contributed by atoms with van der Waals surface area (Å²) in [7, 11) is 1.71. The maximum atomic E-state index is 9.35. The molecule has 0 radical (unpaired) electrons. The van der Waals surface area contributed by atoms with Crippen molar-refractivity contribution in [2.24, 2.45) is 0 Å². The summed E-state index contributed by atoms with van der Waals surface area (Å²) in [5, 5.41) is 10.1. The van der Waals surface area contributed by atoms with Gasteiger partial charge < -0.3 is 9.84 Å². The van der Waals surface area contributed by atoms with Crippen molar-refractivity contribution in [1.29, 1.82) is 0 Å². The lowest BCUT2D eigenvalue weighted by Crippen LogP contribution is -2.04. The summed E-state index contributed by atoms with van der Waals surface area (Å²) in [4.78, 5) is 0. The number of ether oxygens (including phenoxy) is 1. The molecule has 1 aromatic rings. The second-order valence-corrected chi connectivity index (χ2v) is 4.36. The van der Waals surface area contributed by atoms with Gasteiger partial charge in [0, 0.05) is 31.3 Å². The van der Waals surface area contributed by atoms with Crippen molar-refractivity contribution < 1.29 is 9.84 Å². The van der Waals surface area contributed by atoms with Crippen molar-refractivity contribution in [1.82, 2.24) is 0 Å². The number of methoxy groups -OCH3 is 1. The summed E-state index contributed by atoms with van der Waals surface area (Å²) >= 11 is 5.93. The Hall–Kier alpha value is -0.570. The lowest BCUT2D eigenvalue weighted by molar-refractivity contribution is 0.188. The van der Waals surface area contributed by atoms with Gasteiger partial charge in [-0.3, -0.25) is 0 Å². The molecule has 0 aromatic heterocycles. The van der Waals surface area contributed by atoms with Gasteiger partial charge >= 0.3 is 0 Å². The van der Waals surface area contributed by atoms with Crippen molar-refractivity contribution in [3.63, 3.8) is 0 Å². The van der Waals surface area contributed by atoms with E-state index in [-0.39, 0.29) is 12.5 Å². The molecule has 1 N–H and O–H groups in total. The first kappa shape index (κ1) is 13.5. The molecule has 0 heterocycles. The van der Waals surface area contributed by atoms with Crippen molar-refractivity contribution in [3.8, 4) is 0 Å². The molecule has 0 spiro atoms. The Kier molecular flexibility index (Phi) is 6.46. The van der Waals surface area contributed by atoms with Gasteiger partial charge in [0.05, 0.1) is 0 Å². The van der Waals surface area contributed by atoms with Gasteiger partial charge in [-0.1, -0.05) is 30.2 Å². The van der Waals surface area contributed by atoms with Crippen LogP contribution < -0.4 is 0 Å². The van der Waals surface area contributed by atoms with E-state index in [1.165, 1.54) is 0 Å². The maximum absolute atomic E-state index is 9.35. The standard InChI is InChI=1S/C13H19ClO2/c1-16-8-3-2-5-12(10-15)11-6-4-7-13(14)9-11/h4,6-7,9,12,15H,2-3,5,8,10H2,1H3. The first-order valence-corrected chi connectivity index (χ1v) is 6.01. The molecule has 1 atom stereocenters. The fraction of sp³-hybridized carbons (Fsp3) is 0.538. The predicted octanol–water partition coefficient (Wildman–Crippen LogP) is 3.23. The molecule has 0 aliphatic carbocycles. The van der Waals surface area contributed by atoms with Crippen molar-refractivity contribution in [2.45, 2.75) is 25.2 Å². The molecule has 0 fully saturated rings. The zero-order valence-corrected chi connectivity index (χ0v) is 10.4. The topological polar surface area (TPSA) is 29.5 Å². The van der Waals surface area contributed by atoms with Gasteiger partial charge in [-0.05, 0) is 30.5 Å². The van der Waals surface area contributed by atoms with E-state index in [2.05, 4.69) is 0 Å². The van der Waals surface area contributed by atoms with Crippen LogP contribution >= 0.6 is 11.6 Å². The summed E-state index contributed by atoms with van der Waals surface area (Å²) in [5.74, 6) is 0.190. The largest absolute Gasteiger partial charge is 0.396 e. The smallest absolute Gasteiger partial charge is 0.0499 e. The van der Waals surface area contributed by atoms with Gasteiger partial charge in [0.1, 0.15) is 0 Å². The van der Waals surface area contributed by atoms with Crippen LogP contribution in [0.2, 0.25) is 5.02 Å². The second kappa shape index (κ2) is 7.66. The van der Waals surface area contributed by atoms with E-state index in [0.29, 0.717) is 0 Å². The zero-order valence-electron chi connectivity index (χ0n) is 9.66. The number of benzene rings is 1. The Morgan fingerprint density at radius 1 is 1.38 bits per heavy atom. The van der Waals surface area contributed by atoms with E-state index in [1.54, 1.807) is 7.11 Å². The molecule has 3 heteroatoms. The Balaban J connectivity index is 2.47. The highest BCUT2D eigenvalue weighted by molar-refractivity contribution is 6.30. The van der Waals surface area contributed by atoms with Crippen LogP contribution in [0.15, 0.2) is 24.3 Å². The lowest BCUT2D eigenvalue weighted by atomic mass is 9.94. The lowest BCUT2D eigenvalue weighted by Gasteiger charge is -2.14. The average molecular weight is 243 g/mol. The van der Waals surface area contributed by atoms with Crippen molar-refractivity contribution >= 4 is 11.6 Å². The Morgan fingerprint density at radius 2 is 2.19 bits per heavy atom. The van der Waals surface area contributed by atoms with E-state index >= 15 is 0 Å². The average Bonchev–Trinajstić information content (AvgIpc) is 2.29. The van der Waals surface area contributed by atoms with Crippen LogP contribution in [-0.4, -0.2) is 25.4 Å². The van der Waals surface area contributed by atoms with Crippen LogP contribution in [0.1, 0.15) is 30.7 Å². The van der Waals surface area contributed by atoms with Crippen LogP contribution in [0.5, 0.6) is 0 Å². The number of rotatable bonds is 7. The fourth-order valence-electron chi connectivity index (χ4n) is 1.76. The summed E-state index contributed by atoms with van der Waals surface area (Å²) in [6.45, 7) is 0.959. The van der Waals surface area contributed by atoms with E-state index in [4.69, 9.17) is 16.3 Å². The quantitative estimate of drug-likeness (QED) is 0.744. The molecule has 0 amide bonds. The number of hydrogen-bond acceptors (Lipinski definition) is 2. The minimum absolute atomic E-state index is 0.174. The van der Waals surface area contributed by atoms with Crippen LogP contribution in [-0.2, 0) is 4.74 Å². The van der Waals surface area contributed by atoms with E-state index < -0.39 is 0 Å². The molecule has 2 nitrogen and oxygen atoms in total. The molecule has 0 saturated carbocycles. The molecule has 90 valence electrons. The van der Waals surface area contributed by atoms with Crippen molar-refractivity contribution in [3.05, 3.63) is 34.9 Å². The van der Waals surface area contributed by atoms with Crippen LogP contribution in [0, 0.1) is 0 Å². The summed E-state index contributed by atoms with van der Waals surface area (Å²) in [6, 6.07) is 7.72. The number of halogens is 1. The molecule has 0 bridgehead atoms. The fourth-order valence-corrected chi connectivity index (χ4v) is 1.96. The molecule has 0 aliphatic rings. The first-order valence-electron chi connectivity index (χ1n) is 5.63. The summed E-state index contributed by atoms with van der Waals surface area (Å²) < 4.78 is 5.00. The number of unbranched alkanes of at least 4 members (excludes halogenated alkanes) is 1. The van der Waals surface area contributed by atoms with Crippen LogP contribution in [0.4, 0.5) is 0 Å². The Labute approximate surface area is 102 Å². The highest BCUT2D eigenvalue weighted by atomic mass is 35.5. The van der Waals surface area contributed by atoms with E-state index in [9.17, 15) is 5.11 Å². The maximum Gasteiger partial charge on any atom is 0.0499 e. The predicted molar refractivity (Wildman–Crippen MR) is 67.0 cm³/mol. The van der Waals surface area contributed by atoms with E-state index in [1.807, 2.05) is 24.3 Å². The third-order valence-corrected chi connectivity index (χ3v) is 2.93. The highest BCUT2D eigenvalue weighted by Crippen LogP contribution is 2.24. The molecule has 1 unspecified atom stereocenters. The summed E-state index contributed by atoms with van der Waals surface area (Å²) in [6.07, 6.45) is 3.07. The normalized spacial score (nSPS) is 12.7. The molecule has 16 heavy (non-hydrogen) atoms. The monoisotopic (exact) mass is 242 g/mol. The minimum Gasteiger partial charge on any atom is -0.396 e. The van der Waals surface area contributed by atoms with Crippen molar-refractivity contribution in [2.75, 3.05) is 20.3 Å². The third kappa shape index (κ3) is 4.52. The van der Waals surface area contributed by atoms with E-state index in [0.717, 1.165) is 36.5 Å². The van der Waals surface area contributed by atoms with Crippen LogP contribution in [0.25, 0.3) is 0 Å². The Bertz CT molecular complexity index is 302. The Morgan fingerprint density at radius 3 is 2.81 bits per heavy atom. The van der Waals surface area contributed by atoms with Crippen LogP contribution in [0.3, 0.4) is 0 Å². The highest BCUT2D eigenvalue weighted by Gasteiger charge is 2.10. The zero-order chi connectivity index (χ0) is 11.8. The molecule has 0 aliphatic heterocycles. The molecule has 1 rings (SSSR count). The van der Waals surface area contributed by atoms with Gasteiger partial charge in [0.2, 0.25) is 0 Å². The van der Waals surface area contributed by atoms with Gasteiger partial charge in [-0.2, -0.15) is 0 Å². The van der Waals surface area contributed by atoms with Gasteiger partial charge in [-0.15, -0.1) is 0 Å². The molecule has 0 saturated heterocycles. The molecular weight excluding hydrogens is 224 g/mol. The number of aliphatic hydroxyl groups is 1. The van der Waals surface area contributed by atoms with Gasteiger partial charge in [0.15, 0.2) is 0 Å². The second-order valence-electron chi connectivity index (χ2n) is 3.92. The molecule has 1 aromatic carbocycles. The molecular formula is C13H19ClO2. The third-order valence-electron chi connectivity index (χ3n) is 2.69. The first-order chi connectivity index (χ1) is 7.77. The summed E-state index contributed by atoms with van der Waals surface area (Å²) in [5.41, 5.74) is 1.12. The van der Waals surface area contributed by atoms with Gasteiger partial charge in [0.25, 0.3) is 0 Å². The van der Waals surface area contributed by atoms with Gasteiger partial charge in [-0.25, -0.2) is 0 Å². The number of hydrogen-bond donors (Lipinski definition) is 1. The SMILES string of the molecule is COCCCCC(CO)c1cccc(Cl)c1. The number of aliphatic hydroxyl groups excluding tert-OH is 1.